The predicted molar refractivity (Wildman–Crippen MR) is 225 cm³/mol. The highest BCUT2D eigenvalue weighted by Crippen LogP contribution is 2.43. The van der Waals surface area contributed by atoms with E-state index in [2.05, 4.69) is 44.4 Å². The van der Waals surface area contributed by atoms with E-state index in [1.54, 1.807) is 0 Å². The number of nitrogens with zero attached hydrogens (tertiary/aromatic N) is 1. The Bertz CT molecular complexity index is 1440. The number of thioether (sulfide) groups is 1. The highest BCUT2D eigenvalue weighted by Gasteiger charge is 2.50. The molecule has 0 bridgehead atoms. The molecule has 4 heterocycles. The molecule has 0 radical (unpaired) electrons. The van der Waals surface area contributed by atoms with Gasteiger partial charge in [0.05, 0.1) is 18.4 Å². The Kier molecular flexibility index (Phi) is 14.7. The van der Waals surface area contributed by atoms with Crippen LogP contribution in [0.4, 0.5) is 0 Å². The van der Waals surface area contributed by atoms with E-state index < -0.39 is 23.6 Å². The maximum atomic E-state index is 14.1. The third kappa shape index (κ3) is 10.5. The molecule has 3 aliphatic carbocycles. The summed E-state index contributed by atoms with van der Waals surface area (Å²) in [4.78, 5) is 55.6. The van der Waals surface area contributed by atoms with E-state index >= 15 is 0 Å². The van der Waals surface area contributed by atoms with Crippen molar-refractivity contribution >= 4 is 35.4 Å². The van der Waals surface area contributed by atoms with Gasteiger partial charge in [0.15, 0.2) is 0 Å². The van der Waals surface area contributed by atoms with Gasteiger partial charge in [0.2, 0.25) is 23.6 Å². The Balaban J connectivity index is 0.841. The number of rotatable bonds is 12. The first-order chi connectivity index (χ1) is 27.7. The number of carbonyl (C=O) groups excluding carboxylic acids is 4. The van der Waals surface area contributed by atoms with Crippen LogP contribution in [-0.4, -0.2) is 118 Å². The van der Waals surface area contributed by atoms with Gasteiger partial charge in [-0.15, -0.1) is 11.8 Å². The van der Waals surface area contributed by atoms with Gasteiger partial charge in [-0.3, -0.25) is 29.9 Å². The van der Waals surface area contributed by atoms with Crippen LogP contribution in [0, 0.1) is 35.0 Å². The standard InChI is InChI=1S/C43H74N8O6S/c1-24-38(58-23-45-24)26-14-12-25(13-15-26)21-44-41(56)34-19-28(52)22-51(34)42(57)39(43(2,3)4)48-37(55)11-7-10-36(54)46-27-16-17-32-30(18-27)31-20-33(49-50-40(31)47-32)29-8-5-6-9-35(29)53/h24-35,38-40,45,47,49-50,52-53H,5-23H2,1-4H3,(H,44,56)(H,46,54)(H,48,55)/t24?,25?,26?,27-,28-,29?,30?,31?,32?,33?,34+,35?,38?,39-,40?/m1/s1. The molecule has 15 heteroatoms. The summed E-state index contributed by atoms with van der Waals surface area (Å²) in [5.41, 5.74) is 6.41. The van der Waals surface area contributed by atoms with Gasteiger partial charge in [-0.2, -0.15) is 0 Å². The molecule has 58 heavy (non-hydrogen) atoms. The molecule has 14 nitrogen and oxygen atoms in total. The van der Waals surface area contributed by atoms with Gasteiger partial charge in [-0.1, -0.05) is 33.6 Å². The van der Waals surface area contributed by atoms with Gasteiger partial charge in [0.1, 0.15) is 12.1 Å². The van der Waals surface area contributed by atoms with Crippen LogP contribution in [0.25, 0.3) is 0 Å². The molecule has 9 N–H and O–H groups in total. The van der Waals surface area contributed by atoms with E-state index in [0.29, 0.717) is 54.0 Å². The first-order valence-corrected chi connectivity index (χ1v) is 23.9. The van der Waals surface area contributed by atoms with Crippen molar-refractivity contribution in [2.45, 2.75) is 190 Å². The second-order valence-corrected chi connectivity index (χ2v) is 21.4. The molecule has 0 aromatic heterocycles. The van der Waals surface area contributed by atoms with Crippen LogP contribution in [-0.2, 0) is 19.2 Å². The van der Waals surface area contributed by atoms with Crippen molar-refractivity contribution in [3.8, 4) is 0 Å². The Hall–Kier alpha value is -2.01. The molecular formula is C43H74N8O6S. The summed E-state index contributed by atoms with van der Waals surface area (Å²) in [6.45, 7) is 8.56. The highest BCUT2D eigenvalue weighted by atomic mass is 32.2. The minimum absolute atomic E-state index is 0.0494. The third-order valence-corrected chi connectivity index (χ3v) is 16.6. The first kappa shape index (κ1) is 44.1. The van der Waals surface area contributed by atoms with Crippen molar-refractivity contribution in [2.24, 2.45) is 35.0 Å². The molecule has 328 valence electrons. The molecule has 0 spiro atoms. The number of aliphatic hydroxyl groups is 2. The molecule has 7 aliphatic rings. The second kappa shape index (κ2) is 19.4. The number of hydrogen-bond donors (Lipinski definition) is 9. The Labute approximate surface area is 350 Å². The van der Waals surface area contributed by atoms with Gasteiger partial charge >= 0.3 is 0 Å². The summed E-state index contributed by atoms with van der Waals surface area (Å²) >= 11 is 2.03. The van der Waals surface area contributed by atoms with Crippen molar-refractivity contribution in [2.75, 3.05) is 19.0 Å². The van der Waals surface area contributed by atoms with Crippen molar-refractivity contribution in [1.82, 2.24) is 42.3 Å². The molecule has 9 unspecified atom stereocenters. The first-order valence-electron chi connectivity index (χ1n) is 22.9. The van der Waals surface area contributed by atoms with Crippen LogP contribution in [0.1, 0.15) is 130 Å². The topological polar surface area (TPSA) is 196 Å². The number of carbonyl (C=O) groups is 4. The fraction of sp³-hybridized carbons (Fsp3) is 0.907. The van der Waals surface area contributed by atoms with Gasteiger partial charge in [0, 0.05) is 73.6 Å². The van der Waals surface area contributed by atoms with Crippen molar-refractivity contribution in [1.29, 1.82) is 0 Å². The largest absolute Gasteiger partial charge is 0.393 e. The predicted octanol–water partition coefficient (Wildman–Crippen LogP) is 2.24. The Morgan fingerprint density at radius 3 is 2.33 bits per heavy atom. The molecule has 3 saturated carbocycles. The molecule has 4 amide bonds. The van der Waals surface area contributed by atoms with E-state index in [-0.39, 0.29) is 79.7 Å². The number of likely N-dealkylation sites (tertiary alicyclic amines) is 1. The highest BCUT2D eigenvalue weighted by molar-refractivity contribution is 8.00. The molecular weight excluding hydrogens is 757 g/mol. The summed E-state index contributed by atoms with van der Waals surface area (Å²) in [5, 5.41) is 38.7. The molecule has 0 aromatic rings. The zero-order valence-corrected chi connectivity index (χ0v) is 36.3. The monoisotopic (exact) mass is 831 g/mol. The summed E-state index contributed by atoms with van der Waals surface area (Å²) < 4.78 is 0. The lowest BCUT2D eigenvalue weighted by atomic mass is 9.71. The molecule has 7 fully saturated rings. The van der Waals surface area contributed by atoms with Gasteiger partial charge < -0.3 is 36.4 Å². The Morgan fingerprint density at radius 1 is 0.845 bits per heavy atom. The van der Waals surface area contributed by atoms with Crippen molar-refractivity contribution < 1.29 is 29.4 Å². The maximum Gasteiger partial charge on any atom is 0.246 e. The molecule has 4 aliphatic heterocycles. The van der Waals surface area contributed by atoms with Gasteiger partial charge in [0.25, 0.3) is 0 Å². The number of aliphatic hydroxyl groups excluding tert-OH is 2. The summed E-state index contributed by atoms with van der Waals surface area (Å²) in [6.07, 6.45) is 12.6. The van der Waals surface area contributed by atoms with Crippen LogP contribution in [0.15, 0.2) is 0 Å². The van der Waals surface area contributed by atoms with Crippen LogP contribution in [0.5, 0.6) is 0 Å². The molecule has 13 atom stereocenters. The van der Waals surface area contributed by atoms with E-state index in [4.69, 9.17) is 0 Å². The fourth-order valence-corrected chi connectivity index (χ4v) is 13.2. The average molecular weight is 831 g/mol. The zero-order valence-electron chi connectivity index (χ0n) is 35.5. The lowest BCUT2D eigenvalue weighted by molar-refractivity contribution is -0.144. The second-order valence-electron chi connectivity index (χ2n) is 20.2. The SMILES string of the molecule is CC1NCSC1C1CCC(CNC(=O)[C@@H]2C[C@@H](O)CN2C(=O)[C@@H](NC(=O)CCCC(=O)N[C@@H]2CCC3NC4NNC(C5CCCCC5O)CC4C3C2)C(C)(C)C)CC1. The van der Waals surface area contributed by atoms with Gasteiger partial charge in [-0.25, -0.2) is 5.43 Å². The number of β-amino-alcohol motifs (C(OH)–C–C–N with tert-alkyl or cyclic N) is 1. The minimum atomic E-state index is -0.889. The van der Waals surface area contributed by atoms with Crippen LogP contribution >= 0.6 is 11.8 Å². The van der Waals surface area contributed by atoms with E-state index in [1.165, 1.54) is 24.2 Å². The average Bonchev–Trinajstić information content (AvgIpc) is 3.91. The van der Waals surface area contributed by atoms with Crippen molar-refractivity contribution in [3.63, 3.8) is 0 Å². The summed E-state index contributed by atoms with van der Waals surface area (Å²) in [5.74, 6) is 2.34. The number of amides is 4. The minimum Gasteiger partial charge on any atom is -0.393 e. The van der Waals surface area contributed by atoms with E-state index in [9.17, 15) is 29.4 Å². The summed E-state index contributed by atoms with van der Waals surface area (Å²) in [7, 11) is 0. The number of fused-ring (bicyclic) bond motifs is 3. The van der Waals surface area contributed by atoms with Crippen LogP contribution in [0.2, 0.25) is 0 Å². The quantitative estimate of drug-likeness (QED) is 0.140. The van der Waals surface area contributed by atoms with Crippen LogP contribution in [0.3, 0.4) is 0 Å². The maximum absolute atomic E-state index is 14.1. The number of hydrogen-bond acceptors (Lipinski definition) is 11. The van der Waals surface area contributed by atoms with Crippen LogP contribution < -0.4 is 37.4 Å². The zero-order chi connectivity index (χ0) is 41.1. The van der Waals surface area contributed by atoms with E-state index in [0.717, 1.165) is 63.7 Å². The lowest BCUT2D eigenvalue weighted by Crippen LogP contribution is -2.62. The fourth-order valence-electron chi connectivity index (χ4n) is 11.7. The van der Waals surface area contributed by atoms with E-state index in [1.807, 2.05) is 32.5 Å². The molecule has 0 aromatic carbocycles. The summed E-state index contributed by atoms with van der Waals surface area (Å²) in [6, 6.07) is -0.370. The molecule has 4 saturated heterocycles. The molecule has 7 rings (SSSR count). The smallest absolute Gasteiger partial charge is 0.246 e. The van der Waals surface area contributed by atoms with Crippen molar-refractivity contribution in [3.05, 3.63) is 0 Å². The third-order valence-electron chi connectivity index (χ3n) is 15.1. The normalized spacial score (nSPS) is 39.7. The number of hydrazine groups is 1. The lowest BCUT2D eigenvalue weighted by Gasteiger charge is -2.43. The number of nitrogens with one attached hydrogen (secondary N) is 7. The van der Waals surface area contributed by atoms with Gasteiger partial charge in [-0.05, 0) is 107 Å². The Morgan fingerprint density at radius 2 is 1.60 bits per heavy atom.